The molecule has 1 N–H and O–H groups in total. The molecule has 1 aromatic rings. The molecule has 4 nitrogen and oxygen atoms in total. The Balaban J connectivity index is 3.16. The molecule has 1 heterocycles. The van der Waals surface area contributed by atoms with Gasteiger partial charge in [0, 0.05) is 25.2 Å². The van der Waals surface area contributed by atoms with Crippen LogP contribution in [0.5, 0.6) is 0 Å². The fourth-order valence-electron chi connectivity index (χ4n) is 2.51. The molecule has 0 spiro atoms. The third-order valence-corrected chi connectivity index (χ3v) is 3.51. The number of anilines is 2. The average molecular weight is 264 g/mol. The first kappa shape index (κ1) is 15.7. The first-order valence-electron chi connectivity index (χ1n) is 7.31. The number of nitrogens with zero attached hydrogens (tertiary/aromatic N) is 3. The van der Waals surface area contributed by atoms with Gasteiger partial charge in [-0.3, -0.25) is 0 Å². The van der Waals surface area contributed by atoms with Gasteiger partial charge in [0.1, 0.15) is 18.0 Å². The van der Waals surface area contributed by atoms with Crippen LogP contribution in [0.25, 0.3) is 0 Å². The van der Waals surface area contributed by atoms with Crippen molar-refractivity contribution in [1.29, 1.82) is 0 Å². The summed E-state index contributed by atoms with van der Waals surface area (Å²) in [5.41, 5.74) is 1.14. The predicted molar refractivity (Wildman–Crippen MR) is 82.9 cm³/mol. The standard InChI is InChI=1S/C15H28N4/c1-7-13(8-2)19(9-11(3)4)15-12(5)14(16-6)17-10-18-15/h10-11,13H,7-9H2,1-6H3,(H,16,17,18). The Labute approximate surface area is 117 Å². The van der Waals surface area contributed by atoms with Gasteiger partial charge >= 0.3 is 0 Å². The molecule has 1 rings (SSSR count). The van der Waals surface area contributed by atoms with Gasteiger partial charge in [-0.25, -0.2) is 9.97 Å². The third kappa shape index (κ3) is 3.82. The van der Waals surface area contributed by atoms with Crippen LogP contribution in [0.15, 0.2) is 6.33 Å². The highest BCUT2D eigenvalue weighted by Gasteiger charge is 2.21. The van der Waals surface area contributed by atoms with E-state index < -0.39 is 0 Å². The summed E-state index contributed by atoms with van der Waals surface area (Å²) in [7, 11) is 1.91. The second-order valence-electron chi connectivity index (χ2n) is 5.44. The SMILES string of the molecule is CCC(CC)N(CC(C)C)c1ncnc(NC)c1C. The molecule has 0 unspecified atom stereocenters. The van der Waals surface area contributed by atoms with Crippen LogP contribution in [0, 0.1) is 12.8 Å². The molecule has 0 aliphatic heterocycles. The lowest BCUT2D eigenvalue weighted by atomic mass is 10.1. The van der Waals surface area contributed by atoms with E-state index in [0.29, 0.717) is 12.0 Å². The largest absolute Gasteiger partial charge is 0.373 e. The highest BCUT2D eigenvalue weighted by Crippen LogP contribution is 2.26. The van der Waals surface area contributed by atoms with Crippen LogP contribution in [0.2, 0.25) is 0 Å². The van der Waals surface area contributed by atoms with Gasteiger partial charge in [-0.1, -0.05) is 27.7 Å². The lowest BCUT2D eigenvalue weighted by Crippen LogP contribution is -2.38. The Morgan fingerprint density at radius 2 is 1.84 bits per heavy atom. The normalized spacial score (nSPS) is 11.2. The Morgan fingerprint density at radius 1 is 1.21 bits per heavy atom. The first-order valence-corrected chi connectivity index (χ1v) is 7.31. The Morgan fingerprint density at radius 3 is 2.32 bits per heavy atom. The fourth-order valence-corrected chi connectivity index (χ4v) is 2.51. The number of aromatic nitrogens is 2. The number of hydrogen-bond acceptors (Lipinski definition) is 4. The zero-order chi connectivity index (χ0) is 14.4. The summed E-state index contributed by atoms with van der Waals surface area (Å²) in [6, 6.07) is 0.542. The van der Waals surface area contributed by atoms with E-state index in [2.05, 4.69) is 54.8 Å². The van der Waals surface area contributed by atoms with Crippen molar-refractivity contribution in [3.05, 3.63) is 11.9 Å². The topological polar surface area (TPSA) is 41.1 Å². The van der Waals surface area contributed by atoms with Gasteiger partial charge in [-0.15, -0.1) is 0 Å². The average Bonchev–Trinajstić information content (AvgIpc) is 2.39. The minimum atomic E-state index is 0.542. The number of hydrogen-bond donors (Lipinski definition) is 1. The van der Waals surface area contributed by atoms with Crippen molar-refractivity contribution in [2.45, 2.75) is 53.5 Å². The van der Waals surface area contributed by atoms with Crippen molar-refractivity contribution in [3.8, 4) is 0 Å². The maximum Gasteiger partial charge on any atom is 0.137 e. The van der Waals surface area contributed by atoms with Gasteiger partial charge < -0.3 is 10.2 Å². The molecular weight excluding hydrogens is 236 g/mol. The minimum Gasteiger partial charge on any atom is -0.373 e. The molecule has 0 saturated heterocycles. The van der Waals surface area contributed by atoms with E-state index in [0.717, 1.165) is 36.6 Å². The van der Waals surface area contributed by atoms with Gasteiger partial charge in [-0.05, 0) is 25.7 Å². The molecule has 0 saturated carbocycles. The minimum absolute atomic E-state index is 0.542. The molecule has 0 bridgehead atoms. The highest BCUT2D eigenvalue weighted by atomic mass is 15.2. The number of nitrogens with one attached hydrogen (secondary N) is 1. The summed E-state index contributed by atoms with van der Waals surface area (Å²) in [5.74, 6) is 2.61. The second kappa shape index (κ2) is 7.31. The maximum absolute atomic E-state index is 4.53. The molecule has 0 aromatic carbocycles. The zero-order valence-corrected chi connectivity index (χ0v) is 13.2. The smallest absolute Gasteiger partial charge is 0.137 e. The maximum atomic E-state index is 4.53. The molecule has 0 radical (unpaired) electrons. The van der Waals surface area contributed by atoms with E-state index in [4.69, 9.17) is 0 Å². The van der Waals surface area contributed by atoms with Crippen LogP contribution in [0.4, 0.5) is 11.6 Å². The summed E-state index contributed by atoms with van der Waals surface area (Å²) in [5, 5.41) is 3.14. The highest BCUT2D eigenvalue weighted by molar-refractivity contribution is 5.58. The molecule has 0 atom stereocenters. The quantitative estimate of drug-likeness (QED) is 0.818. The molecule has 108 valence electrons. The van der Waals surface area contributed by atoms with Gasteiger partial charge in [0.05, 0.1) is 0 Å². The van der Waals surface area contributed by atoms with Crippen molar-refractivity contribution >= 4 is 11.6 Å². The molecular formula is C15H28N4. The van der Waals surface area contributed by atoms with E-state index in [1.807, 2.05) is 7.05 Å². The third-order valence-electron chi connectivity index (χ3n) is 3.51. The molecule has 0 aliphatic carbocycles. The van der Waals surface area contributed by atoms with Crippen LogP contribution in [-0.2, 0) is 0 Å². The van der Waals surface area contributed by atoms with Crippen molar-refractivity contribution in [2.75, 3.05) is 23.8 Å². The van der Waals surface area contributed by atoms with Gasteiger partial charge in [-0.2, -0.15) is 0 Å². The molecule has 0 aliphatic rings. The van der Waals surface area contributed by atoms with E-state index in [1.54, 1.807) is 6.33 Å². The van der Waals surface area contributed by atoms with Crippen molar-refractivity contribution < 1.29 is 0 Å². The van der Waals surface area contributed by atoms with E-state index in [1.165, 1.54) is 0 Å². The van der Waals surface area contributed by atoms with Crippen LogP contribution in [0.3, 0.4) is 0 Å². The van der Waals surface area contributed by atoms with E-state index in [-0.39, 0.29) is 0 Å². The van der Waals surface area contributed by atoms with Crippen molar-refractivity contribution in [3.63, 3.8) is 0 Å². The first-order chi connectivity index (χ1) is 9.04. The lowest BCUT2D eigenvalue weighted by Gasteiger charge is -2.34. The molecule has 4 heteroatoms. The van der Waals surface area contributed by atoms with Gasteiger partial charge in [0.15, 0.2) is 0 Å². The Bertz CT molecular complexity index is 386. The Hall–Kier alpha value is -1.32. The summed E-state index contributed by atoms with van der Waals surface area (Å²) in [6.45, 7) is 12.1. The van der Waals surface area contributed by atoms with E-state index >= 15 is 0 Å². The van der Waals surface area contributed by atoms with Gasteiger partial charge in [0.25, 0.3) is 0 Å². The molecule has 19 heavy (non-hydrogen) atoms. The fraction of sp³-hybridized carbons (Fsp3) is 0.733. The molecule has 1 aromatic heterocycles. The summed E-state index contributed by atoms with van der Waals surface area (Å²) in [6.07, 6.45) is 3.94. The monoisotopic (exact) mass is 264 g/mol. The van der Waals surface area contributed by atoms with Crippen LogP contribution in [0.1, 0.15) is 46.1 Å². The van der Waals surface area contributed by atoms with Crippen molar-refractivity contribution in [2.24, 2.45) is 5.92 Å². The molecule has 0 fully saturated rings. The summed E-state index contributed by atoms with van der Waals surface area (Å²) >= 11 is 0. The summed E-state index contributed by atoms with van der Waals surface area (Å²) in [4.78, 5) is 11.3. The van der Waals surface area contributed by atoms with Crippen LogP contribution >= 0.6 is 0 Å². The second-order valence-corrected chi connectivity index (χ2v) is 5.44. The van der Waals surface area contributed by atoms with Crippen molar-refractivity contribution in [1.82, 2.24) is 9.97 Å². The van der Waals surface area contributed by atoms with E-state index in [9.17, 15) is 0 Å². The predicted octanol–water partition coefficient (Wildman–Crippen LogP) is 3.48. The van der Waals surface area contributed by atoms with Crippen LogP contribution in [-0.4, -0.2) is 29.6 Å². The molecule has 0 amide bonds. The summed E-state index contributed by atoms with van der Waals surface area (Å²) < 4.78 is 0. The Kier molecular flexibility index (Phi) is 6.06. The number of rotatable bonds is 7. The van der Waals surface area contributed by atoms with Gasteiger partial charge in [0.2, 0.25) is 0 Å². The zero-order valence-electron chi connectivity index (χ0n) is 13.2. The lowest BCUT2D eigenvalue weighted by molar-refractivity contribution is 0.502. The van der Waals surface area contributed by atoms with Crippen LogP contribution < -0.4 is 10.2 Å².